The molecule has 6 aromatic carbocycles. The first-order valence-corrected chi connectivity index (χ1v) is 21.5. The van der Waals surface area contributed by atoms with Crippen molar-refractivity contribution in [2.24, 2.45) is 23.7 Å². The quantitative estimate of drug-likeness (QED) is 0.178. The average molecular weight is 722 g/mol. The fraction of sp³-hybridized carbons (Fsp3) is 0.346. The maximum Gasteiger partial charge on any atom is 0.0514 e. The lowest BCUT2D eigenvalue weighted by Crippen LogP contribution is -2.57. The van der Waals surface area contributed by atoms with Crippen LogP contribution in [-0.2, 0) is 16.2 Å². The molecule has 5 aliphatic carbocycles. The lowest BCUT2D eigenvalue weighted by atomic mass is 9.42. The lowest BCUT2D eigenvalue weighted by molar-refractivity contribution is -0.0441. The van der Waals surface area contributed by atoms with Crippen molar-refractivity contribution >= 4 is 39.6 Å². The van der Waals surface area contributed by atoms with Crippen LogP contribution >= 0.6 is 11.8 Å². The molecule has 0 unspecified atom stereocenters. The SMILES string of the molecule is CC1(C)CCC(C)(C)c2cc(N(c3ccc(-c4cccc5ccccc45)cc3)c3cccc4c3C3(c5ccccc5S4)C4CC5CC(C4)CC3C5)ccc21. The Labute approximate surface area is 326 Å². The van der Waals surface area contributed by atoms with Gasteiger partial charge < -0.3 is 4.90 Å². The van der Waals surface area contributed by atoms with Gasteiger partial charge in [0.05, 0.1) is 5.69 Å². The number of benzene rings is 6. The first kappa shape index (κ1) is 33.1. The van der Waals surface area contributed by atoms with Crippen molar-refractivity contribution in [2.45, 2.75) is 98.7 Å². The Hall–Kier alpha value is -4.27. The summed E-state index contributed by atoms with van der Waals surface area (Å²) < 4.78 is 0. The molecule has 54 heavy (non-hydrogen) atoms. The van der Waals surface area contributed by atoms with Crippen molar-refractivity contribution in [1.82, 2.24) is 0 Å². The van der Waals surface area contributed by atoms with Crippen molar-refractivity contribution in [3.63, 3.8) is 0 Å². The van der Waals surface area contributed by atoms with E-state index in [9.17, 15) is 0 Å². The van der Waals surface area contributed by atoms with Crippen molar-refractivity contribution < 1.29 is 0 Å². The van der Waals surface area contributed by atoms with Crippen LogP contribution in [0.15, 0.2) is 137 Å². The number of hydrogen-bond donors (Lipinski definition) is 0. The second kappa shape index (κ2) is 11.9. The molecule has 6 aromatic rings. The molecule has 1 aliphatic heterocycles. The maximum absolute atomic E-state index is 2.67. The minimum absolute atomic E-state index is 0.0395. The Morgan fingerprint density at radius 3 is 1.94 bits per heavy atom. The summed E-state index contributed by atoms with van der Waals surface area (Å²) in [5, 5.41) is 2.59. The van der Waals surface area contributed by atoms with Crippen LogP contribution in [0.3, 0.4) is 0 Å². The van der Waals surface area contributed by atoms with Crippen molar-refractivity contribution in [2.75, 3.05) is 4.90 Å². The van der Waals surface area contributed by atoms with Gasteiger partial charge in [0.2, 0.25) is 0 Å². The van der Waals surface area contributed by atoms with Crippen LogP contribution in [0, 0.1) is 23.7 Å². The Morgan fingerprint density at radius 2 is 1.17 bits per heavy atom. The largest absolute Gasteiger partial charge is 0.310 e. The summed E-state index contributed by atoms with van der Waals surface area (Å²) in [6, 6.07) is 49.4. The second-order valence-electron chi connectivity index (χ2n) is 18.8. The molecule has 2 heteroatoms. The zero-order valence-corrected chi connectivity index (χ0v) is 33.1. The van der Waals surface area contributed by atoms with Gasteiger partial charge in [0.1, 0.15) is 0 Å². The van der Waals surface area contributed by atoms with E-state index in [1.54, 1.807) is 11.1 Å². The summed E-state index contributed by atoms with van der Waals surface area (Å²) in [6.45, 7) is 9.83. The molecule has 1 heterocycles. The summed E-state index contributed by atoms with van der Waals surface area (Å²) in [5.74, 6) is 3.18. The third-order valence-corrected chi connectivity index (χ3v) is 16.1. The van der Waals surface area contributed by atoms with Crippen LogP contribution < -0.4 is 4.90 Å². The Kier molecular flexibility index (Phi) is 7.27. The fourth-order valence-corrected chi connectivity index (χ4v) is 13.8. The summed E-state index contributed by atoms with van der Waals surface area (Å²) in [4.78, 5) is 5.62. The zero-order chi connectivity index (χ0) is 36.4. The normalized spacial score (nSPS) is 26.7. The molecule has 0 amide bonds. The molecule has 0 atom stereocenters. The number of fused-ring (bicyclic) bond motifs is 4. The molecule has 1 spiro atoms. The van der Waals surface area contributed by atoms with Gasteiger partial charge in [-0.15, -0.1) is 0 Å². The molecule has 0 radical (unpaired) electrons. The Balaban J connectivity index is 1.15. The summed E-state index contributed by atoms with van der Waals surface area (Å²) in [7, 11) is 0. The highest BCUT2D eigenvalue weighted by Crippen LogP contribution is 2.70. The van der Waals surface area contributed by atoms with E-state index in [1.165, 1.54) is 105 Å². The molecule has 0 aromatic heterocycles. The van der Waals surface area contributed by atoms with Gasteiger partial charge in [-0.25, -0.2) is 0 Å². The molecule has 270 valence electrons. The molecule has 6 aliphatic rings. The van der Waals surface area contributed by atoms with E-state index in [0.29, 0.717) is 11.8 Å². The molecular formula is C52H51NS. The third-order valence-electron chi connectivity index (χ3n) is 15.0. The number of hydrogen-bond acceptors (Lipinski definition) is 2. The highest BCUT2D eigenvalue weighted by molar-refractivity contribution is 7.99. The summed E-state index contributed by atoms with van der Waals surface area (Å²) >= 11 is 2.02. The molecule has 4 saturated carbocycles. The second-order valence-corrected chi connectivity index (χ2v) is 19.9. The maximum atomic E-state index is 2.67. The van der Waals surface area contributed by atoms with E-state index in [4.69, 9.17) is 0 Å². The van der Waals surface area contributed by atoms with E-state index in [-0.39, 0.29) is 16.2 Å². The number of rotatable bonds is 4. The first-order valence-electron chi connectivity index (χ1n) is 20.6. The molecule has 4 bridgehead atoms. The fourth-order valence-electron chi connectivity index (χ4n) is 12.5. The van der Waals surface area contributed by atoms with Gasteiger partial charge in [-0.3, -0.25) is 0 Å². The third kappa shape index (κ3) is 4.78. The van der Waals surface area contributed by atoms with Crippen LogP contribution in [0.5, 0.6) is 0 Å². The van der Waals surface area contributed by atoms with Gasteiger partial charge in [0, 0.05) is 32.1 Å². The summed E-state index contributed by atoms with van der Waals surface area (Å²) in [5.41, 5.74) is 13.1. The van der Waals surface area contributed by atoms with E-state index in [0.717, 1.165) is 11.8 Å². The monoisotopic (exact) mass is 721 g/mol. The van der Waals surface area contributed by atoms with Gasteiger partial charge >= 0.3 is 0 Å². The standard InChI is InChI=1S/C52H51NS/c1-50(2)25-26-51(3,4)45-32-40(23-24-43(45)50)53(39-21-19-36(20-22-39)42-14-9-12-35-11-5-6-13-41(35)42)46-16-10-18-48-49(46)52(44-15-7-8-17-47(44)54-48)37-28-33-27-34(30-37)31-38(52)29-33/h5-24,32-34,37-38H,25-31H2,1-4H3. The summed E-state index contributed by atoms with van der Waals surface area (Å²) in [6.07, 6.45) is 9.40. The smallest absolute Gasteiger partial charge is 0.0514 e. The van der Waals surface area contributed by atoms with Gasteiger partial charge in [0.25, 0.3) is 0 Å². The number of nitrogens with zero attached hydrogens (tertiary/aromatic N) is 1. The Bertz CT molecular complexity index is 2420. The van der Waals surface area contributed by atoms with E-state index < -0.39 is 0 Å². The minimum atomic E-state index is 0.0395. The molecule has 12 rings (SSSR count). The molecule has 0 saturated heterocycles. The van der Waals surface area contributed by atoms with Gasteiger partial charge in [-0.1, -0.05) is 124 Å². The van der Waals surface area contributed by atoms with Gasteiger partial charge in [-0.05, 0) is 161 Å². The van der Waals surface area contributed by atoms with Crippen LogP contribution in [0.1, 0.15) is 94.9 Å². The van der Waals surface area contributed by atoms with E-state index >= 15 is 0 Å². The van der Waals surface area contributed by atoms with Gasteiger partial charge in [-0.2, -0.15) is 0 Å². The minimum Gasteiger partial charge on any atom is -0.310 e. The molecule has 0 N–H and O–H groups in total. The van der Waals surface area contributed by atoms with Crippen molar-refractivity contribution in [3.05, 3.63) is 150 Å². The molecule has 4 fully saturated rings. The highest BCUT2D eigenvalue weighted by Gasteiger charge is 2.61. The molecule has 1 nitrogen and oxygen atoms in total. The van der Waals surface area contributed by atoms with Crippen LogP contribution in [0.2, 0.25) is 0 Å². The lowest BCUT2D eigenvalue weighted by Gasteiger charge is -2.63. The highest BCUT2D eigenvalue weighted by atomic mass is 32.2. The van der Waals surface area contributed by atoms with Gasteiger partial charge in [0.15, 0.2) is 0 Å². The number of anilines is 3. The molecular weight excluding hydrogens is 671 g/mol. The van der Waals surface area contributed by atoms with Crippen LogP contribution in [0.4, 0.5) is 17.1 Å². The van der Waals surface area contributed by atoms with Crippen molar-refractivity contribution in [3.8, 4) is 11.1 Å². The van der Waals surface area contributed by atoms with E-state index in [1.807, 2.05) is 11.8 Å². The first-order chi connectivity index (χ1) is 26.2. The van der Waals surface area contributed by atoms with Crippen molar-refractivity contribution in [1.29, 1.82) is 0 Å². The predicted octanol–water partition coefficient (Wildman–Crippen LogP) is 14.5. The predicted molar refractivity (Wildman–Crippen MR) is 228 cm³/mol. The van der Waals surface area contributed by atoms with Crippen LogP contribution in [-0.4, -0.2) is 0 Å². The zero-order valence-electron chi connectivity index (χ0n) is 32.2. The average Bonchev–Trinajstić information content (AvgIpc) is 3.18. The van der Waals surface area contributed by atoms with E-state index in [2.05, 4.69) is 160 Å². The topological polar surface area (TPSA) is 3.24 Å². The van der Waals surface area contributed by atoms with Crippen LogP contribution in [0.25, 0.3) is 21.9 Å². The Morgan fingerprint density at radius 1 is 0.537 bits per heavy atom.